The van der Waals surface area contributed by atoms with Crippen LogP contribution in [-0.2, 0) is 6.18 Å². The van der Waals surface area contributed by atoms with Gasteiger partial charge in [-0.3, -0.25) is 4.79 Å². The molecule has 2 rings (SSSR count). The van der Waals surface area contributed by atoms with Gasteiger partial charge in [0, 0.05) is 18.7 Å². The van der Waals surface area contributed by atoms with E-state index in [2.05, 4.69) is 0 Å². The second kappa shape index (κ2) is 6.47. The van der Waals surface area contributed by atoms with Crippen molar-refractivity contribution in [3.05, 3.63) is 35.4 Å². The Kier molecular flexibility index (Phi) is 4.88. The third-order valence-electron chi connectivity index (χ3n) is 3.82. The van der Waals surface area contributed by atoms with Crippen molar-refractivity contribution in [1.82, 2.24) is 4.90 Å². The van der Waals surface area contributed by atoms with Crippen molar-refractivity contribution in [2.24, 2.45) is 11.7 Å². The molecule has 1 aliphatic heterocycles. The summed E-state index contributed by atoms with van der Waals surface area (Å²) in [7, 11) is 0. The number of nitrogens with two attached hydrogens (primary N) is 1. The summed E-state index contributed by atoms with van der Waals surface area (Å²) >= 11 is 0. The number of hydrogen-bond acceptors (Lipinski definition) is 2. The number of carbonyl (C=O) groups is 1. The number of hydrogen-bond donors (Lipinski definition) is 1. The van der Waals surface area contributed by atoms with Gasteiger partial charge in [0.05, 0.1) is 5.56 Å². The van der Waals surface area contributed by atoms with E-state index >= 15 is 0 Å². The molecule has 0 bridgehead atoms. The molecule has 0 aliphatic carbocycles. The molecule has 1 saturated heterocycles. The van der Waals surface area contributed by atoms with Gasteiger partial charge in [0.15, 0.2) is 0 Å². The molecule has 1 aromatic rings. The lowest BCUT2D eigenvalue weighted by Crippen LogP contribution is -2.40. The fourth-order valence-corrected chi connectivity index (χ4v) is 2.73. The van der Waals surface area contributed by atoms with E-state index < -0.39 is 11.7 Å². The van der Waals surface area contributed by atoms with Crippen LogP contribution in [0.15, 0.2) is 24.3 Å². The smallest absolute Gasteiger partial charge is 0.338 e. The summed E-state index contributed by atoms with van der Waals surface area (Å²) in [6.45, 7) is 1.73. The zero-order valence-corrected chi connectivity index (χ0v) is 11.7. The van der Waals surface area contributed by atoms with Crippen LogP contribution in [0.25, 0.3) is 0 Å². The molecule has 21 heavy (non-hydrogen) atoms. The van der Waals surface area contributed by atoms with E-state index in [1.54, 1.807) is 4.90 Å². The van der Waals surface area contributed by atoms with Gasteiger partial charge in [-0.25, -0.2) is 0 Å². The monoisotopic (exact) mass is 300 g/mol. The van der Waals surface area contributed by atoms with E-state index in [4.69, 9.17) is 5.73 Å². The van der Waals surface area contributed by atoms with Crippen LogP contribution in [0.3, 0.4) is 0 Å². The molecule has 1 aromatic carbocycles. The van der Waals surface area contributed by atoms with Gasteiger partial charge in [-0.15, -0.1) is 0 Å². The van der Waals surface area contributed by atoms with Gasteiger partial charge in [-0.1, -0.05) is 6.07 Å². The highest BCUT2D eigenvalue weighted by atomic mass is 19.4. The minimum Gasteiger partial charge on any atom is -0.338 e. The first-order chi connectivity index (χ1) is 9.91. The summed E-state index contributed by atoms with van der Waals surface area (Å²) < 4.78 is 38.1. The molecule has 1 amide bonds. The largest absolute Gasteiger partial charge is 0.416 e. The van der Waals surface area contributed by atoms with E-state index in [-0.39, 0.29) is 11.5 Å². The summed E-state index contributed by atoms with van der Waals surface area (Å²) in [6, 6.07) is 4.61. The first-order valence-corrected chi connectivity index (χ1v) is 7.08. The molecule has 6 heteroatoms. The van der Waals surface area contributed by atoms with Gasteiger partial charge in [-0.05, 0) is 49.9 Å². The average Bonchev–Trinajstić information content (AvgIpc) is 2.46. The van der Waals surface area contributed by atoms with Crippen LogP contribution in [0.1, 0.15) is 35.2 Å². The highest BCUT2D eigenvalue weighted by molar-refractivity contribution is 5.94. The lowest BCUT2D eigenvalue weighted by atomic mass is 9.94. The highest BCUT2D eigenvalue weighted by Crippen LogP contribution is 2.30. The maximum atomic E-state index is 12.7. The Balaban J connectivity index is 2.12. The Bertz CT molecular complexity index is 500. The molecule has 116 valence electrons. The second-order valence-electron chi connectivity index (χ2n) is 5.42. The number of nitrogens with zero attached hydrogens (tertiary/aromatic N) is 1. The van der Waals surface area contributed by atoms with Gasteiger partial charge in [0.2, 0.25) is 0 Å². The number of benzene rings is 1. The van der Waals surface area contributed by atoms with Crippen LogP contribution in [0.4, 0.5) is 13.2 Å². The predicted octanol–water partition coefficient (Wildman–Crippen LogP) is 2.91. The number of halogens is 3. The lowest BCUT2D eigenvalue weighted by molar-refractivity contribution is -0.137. The van der Waals surface area contributed by atoms with Gasteiger partial charge >= 0.3 is 6.18 Å². The van der Waals surface area contributed by atoms with E-state index in [9.17, 15) is 18.0 Å². The molecule has 1 heterocycles. The summed E-state index contributed by atoms with van der Waals surface area (Å²) in [5, 5.41) is 0. The molecule has 3 nitrogen and oxygen atoms in total. The summed E-state index contributed by atoms with van der Waals surface area (Å²) in [6.07, 6.45) is -1.70. The van der Waals surface area contributed by atoms with Crippen LogP contribution >= 0.6 is 0 Å². The molecule has 1 aliphatic rings. The number of likely N-dealkylation sites (tertiary alicyclic amines) is 1. The van der Waals surface area contributed by atoms with Gasteiger partial charge in [0.1, 0.15) is 0 Å². The van der Waals surface area contributed by atoms with Crippen molar-refractivity contribution in [3.8, 4) is 0 Å². The maximum absolute atomic E-state index is 12.7. The Morgan fingerprint density at radius 2 is 2.14 bits per heavy atom. The molecular formula is C15H19F3N2O. The SMILES string of the molecule is NCCC1CCCN(C(=O)c2cccc(C(F)(F)F)c2)C1. The lowest BCUT2D eigenvalue weighted by Gasteiger charge is -2.32. The number of piperidine rings is 1. The molecule has 1 unspecified atom stereocenters. The fourth-order valence-electron chi connectivity index (χ4n) is 2.73. The summed E-state index contributed by atoms with van der Waals surface area (Å²) in [5.41, 5.74) is 4.84. The first-order valence-electron chi connectivity index (χ1n) is 7.08. The molecule has 2 N–H and O–H groups in total. The Hall–Kier alpha value is -1.56. The van der Waals surface area contributed by atoms with Crippen molar-refractivity contribution in [3.63, 3.8) is 0 Å². The molecule has 0 radical (unpaired) electrons. The normalized spacial score (nSPS) is 19.6. The topological polar surface area (TPSA) is 46.3 Å². The summed E-state index contributed by atoms with van der Waals surface area (Å²) in [4.78, 5) is 14.0. The van der Waals surface area contributed by atoms with Crippen LogP contribution in [0.5, 0.6) is 0 Å². The van der Waals surface area contributed by atoms with Crippen molar-refractivity contribution >= 4 is 5.91 Å². The van der Waals surface area contributed by atoms with E-state index in [1.807, 2.05) is 0 Å². The van der Waals surface area contributed by atoms with Crippen molar-refractivity contribution in [2.45, 2.75) is 25.4 Å². The van der Waals surface area contributed by atoms with E-state index in [0.717, 1.165) is 31.4 Å². The Morgan fingerprint density at radius 1 is 1.38 bits per heavy atom. The maximum Gasteiger partial charge on any atom is 0.416 e. The number of alkyl halides is 3. The second-order valence-corrected chi connectivity index (χ2v) is 5.42. The number of carbonyl (C=O) groups excluding carboxylic acids is 1. The standard InChI is InChI=1S/C15H19F3N2O/c16-15(17,18)13-5-1-4-12(9-13)14(21)20-8-2-3-11(10-20)6-7-19/h1,4-5,9,11H,2-3,6-8,10,19H2. The summed E-state index contributed by atoms with van der Waals surface area (Å²) in [5.74, 6) is 0.0151. The zero-order chi connectivity index (χ0) is 15.5. The Labute approximate surface area is 121 Å². The minimum absolute atomic E-state index is 0.0956. The highest BCUT2D eigenvalue weighted by Gasteiger charge is 2.31. The molecule has 1 fully saturated rings. The van der Waals surface area contributed by atoms with Gasteiger partial charge in [-0.2, -0.15) is 13.2 Å². The Morgan fingerprint density at radius 3 is 2.81 bits per heavy atom. The van der Waals surface area contributed by atoms with Crippen molar-refractivity contribution in [2.75, 3.05) is 19.6 Å². The molecule has 0 aromatic heterocycles. The van der Waals surface area contributed by atoms with Crippen LogP contribution in [0, 0.1) is 5.92 Å². The van der Waals surface area contributed by atoms with Gasteiger partial charge in [0.25, 0.3) is 5.91 Å². The number of rotatable bonds is 3. The molecular weight excluding hydrogens is 281 g/mol. The predicted molar refractivity (Wildman–Crippen MR) is 73.7 cm³/mol. The third-order valence-corrected chi connectivity index (χ3v) is 3.82. The van der Waals surface area contributed by atoms with E-state index in [1.165, 1.54) is 12.1 Å². The number of amides is 1. The average molecular weight is 300 g/mol. The van der Waals surface area contributed by atoms with Crippen molar-refractivity contribution < 1.29 is 18.0 Å². The fraction of sp³-hybridized carbons (Fsp3) is 0.533. The van der Waals surface area contributed by atoms with Crippen LogP contribution < -0.4 is 5.73 Å². The molecule has 0 spiro atoms. The van der Waals surface area contributed by atoms with Gasteiger partial charge < -0.3 is 10.6 Å². The minimum atomic E-state index is -4.43. The quantitative estimate of drug-likeness (QED) is 0.933. The zero-order valence-electron chi connectivity index (χ0n) is 11.7. The van der Waals surface area contributed by atoms with Crippen LogP contribution in [0.2, 0.25) is 0 Å². The molecule has 0 saturated carbocycles. The van der Waals surface area contributed by atoms with E-state index in [0.29, 0.717) is 25.6 Å². The first kappa shape index (κ1) is 15.8. The van der Waals surface area contributed by atoms with Crippen molar-refractivity contribution in [1.29, 1.82) is 0 Å². The molecule has 1 atom stereocenters. The third kappa shape index (κ3) is 3.97. The van der Waals surface area contributed by atoms with Crippen LogP contribution in [-0.4, -0.2) is 30.4 Å².